The Kier molecular flexibility index (Phi) is 4.63. The molecule has 0 atom stereocenters. The van der Waals surface area contributed by atoms with Gasteiger partial charge in [-0.1, -0.05) is 13.8 Å². The van der Waals surface area contributed by atoms with E-state index in [0.717, 1.165) is 48.2 Å². The van der Waals surface area contributed by atoms with Gasteiger partial charge in [-0.3, -0.25) is 9.86 Å². The van der Waals surface area contributed by atoms with Gasteiger partial charge in [-0.2, -0.15) is 4.52 Å². The summed E-state index contributed by atoms with van der Waals surface area (Å²) < 4.78 is 10.5. The van der Waals surface area contributed by atoms with Crippen molar-refractivity contribution < 1.29 is 4.74 Å². The molecule has 0 unspecified atom stereocenters. The third-order valence-corrected chi connectivity index (χ3v) is 5.28. The Morgan fingerprint density at radius 2 is 2.12 bits per heavy atom. The molecule has 0 spiro atoms. The maximum atomic E-state index is 5.49. The van der Waals surface area contributed by atoms with Gasteiger partial charge in [0.05, 0.1) is 7.11 Å². The lowest BCUT2D eigenvalue weighted by molar-refractivity contribution is 0.176. The Hall–Kier alpha value is -1.51. The molecule has 0 aromatic carbocycles. The van der Waals surface area contributed by atoms with Crippen molar-refractivity contribution in [1.29, 1.82) is 0 Å². The van der Waals surface area contributed by atoms with Crippen molar-refractivity contribution in [3.63, 3.8) is 0 Å². The van der Waals surface area contributed by atoms with Crippen LogP contribution >= 0.6 is 12.1 Å². The first-order chi connectivity index (χ1) is 11.4. The molecular weight excluding hydrogens is 324 g/mol. The number of hydrogen-bond donors (Lipinski definition) is 2. The number of nitrogens with zero attached hydrogens (tertiary/aromatic N) is 4. The summed E-state index contributed by atoms with van der Waals surface area (Å²) in [6.45, 7) is 11.4. The number of hydrogen-bond acceptors (Lipinski definition) is 7. The number of aromatic nitrogens is 3. The SMILES string of the molecule is COc1cc(C)c2c(N3CC(C(C)(C)CNSN)C3)nc(C)nn12. The van der Waals surface area contributed by atoms with Gasteiger partial charge in [0.25, 0.3) is 0 Å². The molecule has 0 radical (unpaired) electrons. The fourth-order valence-electron chi connectivity index (χ4n) is 3.22. The Morgan fingerprint density at radius 1 is 1.42 bits per heavy atom. The van der Waals surface area contributed by atoms with Crippen LogP contribution in [0.4, 0.5) is 5.82 Å². The predicted octanol–water partition coefficient (Wildman–Crippen LogP) is 1.93. The Labute approximate surface area is 147 Å². The number of ether oxygens (including phenoxy) is 1. The molecule has 132 valence electrons. The smallest absolute Gasteiger partial charge is 0.215 e. The van der Waals surface area contributed by atoms with Crippen molar-refractivity contribution in [3.05, 3.63) is 17.5 Å². The maximum absolute atomic E-state index is 5.49. The molecule has 24 heavy (non-hydrogen) atoms. The third-order valence-electron chi connectivity index (χ3n) is 4.96. The first-order valence-corrected chi connectivity index (χ1v) is 9.00. The zero-order chi connectivity index (χ0) is 17.5. The normalized spacial score (nSPS) is 15.8. The van der Waals surface area contributed by atoms with E-state index in [1.807, 2.05) is 17.5 Å². The van der Waals surface area contributed by atoms with Crippen LogP contribution in [0.2, 0.25) is 0 Å². The van der Waals surface area contributed by atoms with E-state index < -0.39 is 0 Å². The van der Waals surface area contributed by atoms with Crippen molar-refractivity contribution in [2.75, 3.05) is 31.6 Å². The van der Waals surface area contributed by atoms with Gasteiger partial charge in [-0.15, -0.1) is 5.10 Å². The molecule has 2 aromatic heterocycles. The quantitative estimate of drug-likeness (QED) is 0.771. The molecule has 0 aliphatic carbocycles. The zero-order valence-corrected chi connectivity index (χ0v) is 15.8. The third kappa shape index (κ3) is 2.94. The van der Waals surface area contributed by atoms with Gasteiger partial charge in [0.1, 0.15) is 11.3 Å². The second kappa shape index (κ2) is 6.42. The van der Waals surface area contributed by atoms with Gasteiger partial charge in [0.15, 0.2) is 5.82 Å². The number of rotatable bonds is 6. The molecule has 1 aliphatic heterocycles. The minimum absolute atomic E-state index is 0.190. The van der Waals surface area contributed by atoms with Gasteiger partial charge in [-0.05, 0) is 24.8 Å². The second-order valence-corrected chi connectivity index (χ2v) is 7.67. The van der Waals surface area contributed by atoms with Crippen molar-refractivity contribution in [2.45, 2.75) is 27.7 Å². The predicted molar refractivity (Wildman–Crippen MR) is 98.3 cm³/mol. The van der Waals surface area contributed by atoms with E-state index in [0.29, 0.717) is 5.92 Å². The van der Waals surface area contributed by atoms with Crippen LogP contribution in [0.1, 0.15) is 25.2 Å². The first-order valence-electron chi connectivity index (χ1n) is 8.12. The van der Waals surface area contributed by atoms with Gasteiger partial charge in [-0.25, -0.2) is 4.98 Å². The van der Waals surface area contributed by atoms with Gasteiger partial charge in [0.2, 0.25) is 5.88 Å². The van der Waals surface area contributed by atoms with Crippen molar-refractivity contribution in [1.82, 2.24) is 19.3 Å². The number of anilines is 1. The molecule has 2 aromatic rings. The highest BCUT2D eigenvalue weighted by Crippen LogP contribution is 2.38. The first kappa shape index (κ1) is 17.3. The standard InChI is InChI=1S/C16H26N6OS/c1-10-6-13(23-5)22-14(10)15(19-11(2)20-22)21-7-12(8-21)16(3,4)9-18-24-17/h6,12,18H,7-9,17H2,1-5H3. The minimum Gasteiger partial charge on any atom is -0.481 e. The highest BCUT2D eigenvalue weighted by Gasteiger charge is 2.40. The van der Waals surface area contributed by atoms with E-state index in [1.54, 1.807) is 7.11 Å². The van der Waals surface area contributed by atoms with E-state index in [9.17, 15) is 0 Å². The van der Waals surface area contributed by atoms with Crippen molar-refractivity contribution >= 4 is 23.5 Å². The van der Waals surface area contributed by atoms with E-state index in [4.69, 9.17) is 14.9 Å². The van der Waals surface area contributed by atoms with Crippen molar-refractivity contribution in [2.24, 2.45) is 16.5 Å². The Balaban J connectivity index is 1.86. The number of methoxy groups -OCH3 is 1. The summed E-state index contributed by atoms with van der Waals surface area (Å²) in [7, 11) is 1.67. The van der Waals surface area contributed by atoms with Crippen molar-refractivity contribution in [3.8, 4) is 5.88 Å². The summed E-state index contributed by atoms with van der Waals surface area (Å²) in [4.78, 5) is 7.04. The van der Waals surface area contributed by atoms with E-state index >= 15 is 0 Å². The summed E-state index contributed by atoms with van der Waals surface area (Å²) in [5.74, 6) is 3.09. The van der Waals surface area contributed by atoms with E-state index in [1.165, 1.54) is 12.1 Å². The van der Waals surface area contributed by atoms with Gasteiger partial charge < -0.3 is 9.64 Å². The Bertz CT molecular complexity index is 738. The fraction of sp³-hybridized carbons (Fsp3) is 0.625. The van der Waals surface area contributed by atoms with Crippen LogP contribution < -0.4 is 19.5 Å². The molecule has 0 amide bonds. The molecule has 3 rings (SSSR count). The lowest BCUT2D eigenvalue weighted by atomic mass is 9.74. The molecule has 1 fully saturated rings. The van der Waals surface area contributed by atoms with E-state index in [2.05, 4.69) is 35.5 Å². The van der Waals surface area contributed by atoms with Crippen LogP contribution in [-0.4, -0.2) is 41.3 Å². The highest BCUT2D eigenvalue weighted by molar-refractivity contribution is 7.95. The average Bonchev–Trinajstić information content (AvgIpc) is 2.79. The summed E-state index contributed by atoms with van der Waals surface area (Å²) >= 11 is 1.19. The molecule has 3 heterocycles. The molecule has 1 saturated heterocycles. The molecule has 0 bridgehead atoms. The van der Waals surface area contributed by atoms with Crippen LogP contribution in [0.3, 0.4) is 0 Å². The highest BCUT2D eigenvalue weighted by atomic mass is 32.2. The largest absolute Gasteiger partial charge is 0.481 e. The van der Waals surface area contributed by atoms with Crippen LogP contribution in [0.15, 0.2) is 6.07 Å². The monoisotopic (exact) mass is 350 g/mol. The molecule has 0 saturated carbocycles. The molecule has 3 N–H and O–H groups in total. The zero-order valence-electron chi connectivity index (χ0n) is 15.0. The average molecular weight is 350 g/mol. The van der Waals surface area contributed by atoms with Gasteiger partial charge >= 0.3 is 0 Å². The minimum atomic E-state index is 0.190. The van der Waals surface area contributed by atoms with Crippen LogP contribution in [0.25, 0.3) is 5.52 Å². The Morgan fingerprint density at radius 3 is 2.75 bits per heavy atom. The summed E-state index contributed by atoms with van der Waals surface area (Å²) in [6, 6.07) is 2.01. The molecular formula is C16H26N6OS. The van der Waals surface area contributed by atoms with Crippen LogP contribution in [0.5, 0.6) is 5.88 Å². The summed E-state index contributed by atoms with van der Waals surface area (Å²) in [6.07, 6.45) is 0. The summed E-state index contributed by atoms with van der Waals surface area (Å²) in [5, 5.41) is 9.99. The number of aryl methyl sites for hydroxylation is 2. The number of fused-ring (bicyclic) bond motifs is 1. The fourth-order valence-corrected chi connectivity index (χ4v) is 3.67. The molecule has 7 nitrogen and oxygen atoms in total. The summed E-state index contributed by atoms with van der Waals surface area (Å²) in [5.41, 5.74) is 2.35. The van der Waals surface area contributed by atoms with Crippen LogP contribution in [0, 0.1) is 25.2 Å². The van der Waals surface area contributed by atoms with Crippen LogP contribution in [-0.2, 0) is 0 Å². The van der Waals surface area contributed by atoms with Gasteiger partial charge in [0, 0.05) is 43.8 Å². The number of nitrogens with one attached hydrogen (secondary N) is 1. The molecule has 8 heteroatoms. The molecule has 1 aliphatic rings. The number of nitrogens with two attached hydrogens (primary N) is 1. The topological polar surface area (TPSA) is 80.7 Å². The lowest BCUT2D eigenvalue weighted by Crippen LogP contribution is -2.55. The maximum Gasteiger partial charge on any atom is 0.215 e. The second-order valence-electron chi connectivity index (χ2n) is 7.14. The lowest BCUT2D eigenvalue weighted by Gasteiger charge is -2.48. The van der Waals surface area contributed by atoms with E-state index in [-0.39, 0.29) is 5.41 Å².